The van der Waals surface area contributed by atoms with E-state index in [2.05, 4.69) is 13.5 Å². The van der Waals surface area contributed by atoms with Gasteiger partial charge in [0.05, 0.1) is 0 Å². The van der Waals surface area contributed by atoms with Crippen LogP contribution in [0.4, 0.5) is 0 Å². The minimum absolute atomic E-state index is 0. The van der Waals surface area contributed by atoms with Gasteiger partial charge in [0.25, 0.3) is 0 Å². The van der Waals surface area contributed by atoms with Gasteiger partial charge in [-0.25, -0.2) is 19.6 Å². The predicted octanol–water partition coefficient (Wildman–Crippen LogP) is 1.10. The normalized spacial score (nSPS) is 2.33. The van der Waals surface area contributed by atoms with Crippen LogP contribution in [0.25, 0.3) is 0 Å². The van der Waals surface area contributed by atoms with Crippen molar-refractivity contribution in [1.29, 1.82) is 5.26 Å². The summed E-state index contributed by atoms with van der Waals surface area (Å²) in [5.74, 6) is 0. The van der Waals surface area contributed by atoms with Crippen LogP contribution in [-0.2, 0) is 27.3 Å². The number of nitrogens with zero attached hydrogens (tertiary/aromatic N) is 1. The molecule has 0 aromatic heterocycles. The third kappa shape index (κ3) is 75400. The fourth-order valence-corrected chi connectivity index (χ4v) is 0. The van der Waals surface area contributed by atoms with Crippen molar-refractivity contribution >= 4 is 0 Å². The Labute approximate surface area is 58.8 Å². The fraction of sp³-hybridized carbons (Fsp3) is 0. The molecule has 0 aliphatic heterocycles. The zero-order chi connectivity index (χ0) is 4.71. The first-order valence-corrected chi connectivity index (χ1v) is 1.04. The second kappa shape index (κ2) is 77.8. The van der Waals surface area contributed by atoms with E-state index in [1.54, 1.807) is 0 Å². The first kappa shape index (κ1) is 16.6. The summed E-state index contributed by atoms with van der Waals surface area (Å²) in [4.78, 5) is 0. The minimum atomic E-state index is 0. The molecule has 1 nitrogen and oxygen atoms in total. The first-order valence-electron chi connectivity index (χ1n) is 1.04. The molecule has 2 heteroatoms. The average Bonchev–Trinajstić information content (AvgIpc) is 1.46. The van der Waals surface area contributed by atoms with Crippen molar-refractivity contribution in [2.45, 2.75) is 0 Å². The van der Waals surface area contributed by atoms with Crippen LogP contribution >= 0.6 is 0 Å². The number of hydrogen-bond acceptors (Lipinski definition) is 1. The van der Waals surface area contributed by atoms with Crippen molar-refractivity contribution in [1.82, 2.24) is 0 Å². The molecular weight excluding hydrogens is 174 g/mol. The summed E-state index contributed by atoms with van der Waals surface area (Å²) in [5, 5.41) is 6.25. The summed E-state index contributed by atoms with van der Waals surface area (Å²) in [7, 11) is 0. The molecule has 0 unspecified atom stereocenters. The van der Waals surface area contributed by atoms with E-state index in [4.69, 9.17) is 11.8 Å². The smallest absolute Gasteiger partial charge is 0.512 e. The Hall–Kier alpha value is 0.0221. The Balaban J connectivity index is -0.0000000275. The van der Waals surface area contributed by atoms with Gasteiger partial charge >= 0.3 is 27.3 Å². The second-order valence-electron chi connectivity index (χ2n) is 0.289. The van der Waals surface area contributed by atoms with Crippen LogP contribution in [0.3, 0.4) is 0 Å². The zero-order valence-corrected chi connectivity index (χ0v) is 7.68. The van der Waals surface area contributed by atoms with E-state index in [9.17, 15) is 0 Å². The maximum atomic E-state index is 6.25. The van der Waals surface area contributed by atoms with Crippen LogP contribution in [0.5, 0.6) is 0 Å². The molecule has 0 aliphatic rings. The van der Waals surface area contributed by atoms with Gasteiger partial charge in [-0.15, -0.1) is 0 Å². The van der Waals surface area contributed by atoms with Gasteiger partial charge in [-0.2, -0.15) is 0 Å². The average molecular weight is 180 g/mol. The molecule has 0 saturated heterocycles. The molecule has 0 aliphatic carbocycles. The molecule has 0 saturated carbocycles. The molecule has 0 radical (unpaired) electrons. The van der Waals surface area contributed by atoms with E-state index in [-0.39, 0.29) is 27.3 Å². The third-order valence-electron chi connectivity index (χ3n) is 0. The van der Waals surface area contributed by atoms with Gasteiger partial charge in [0.2, 0.25) is 0 Å². The topological polar surface area (TPSA) is 23.8 Å². The van der Waals surface area contributed by atoms with Crippen LogP contribution in [-0.4, -0.2) is 0 Å². The predicted molar refractivity (Wildman–Crippen MR) is 20.5 cm³/mol. The molecule has 0 spiro atoms. The number of hydrogen-bond donors (Lipinski definition) is 0. The van der Waals surface area contributed by atoms with Gasteiger partial charge in [0.1, 0.15) is 0 Å². The van der Waals surface area contributed by atoms with Crippen molar-refractivity contribution < 1.29 is 27.3 Å². The number of allylic oxidation sites excluding steroid dienone is 1. The van der Waals surface area contributed by atoms with Gasteiger partial charge in [0.15, 0.2) is 0 Å². The van der Waals surface area contributed by atoms with E-state index in [1.807, 2.05) is 0 Å². The van der Waals surface area contributed by atoms with Crippen LogP contribution < -0.4 is 0 Å². The molecule has 0 aromatic rings. The molecule has 0 atom stereocenters. The fourth-order valence-electron chi connectivity index (χ4n) is 0. The molecule has 28 valence electrons. The summed E-state index contributed by atoms with van der Waals surface area (Å²) in [6.07, 6.45) is 1.50. The molecule has 0 N–H and O–H groups in total. The van der Waals surface area contributed by atoms with E-state index in [0.717, 1.165) is 0 Å². The molecule has 0 fully saturated rings. The standard InChI is InChI=1S/C3H5.CN.Cd/c1-3-2;1-2;/h3H,1-2H2;;/q2*-1;+2. The Bertz CT molecular complexity index is 31.8. The van der Waals surface area contributed by atoms with Crippen LogP contribution in [0.2, 0.25) is 0 Å². The molecule has 0 bridgehead atoms. The van der Waals surface area contributed by atoms with Gasteiger partial charge in [-0.1, -0.05) is 0 Å². The second-order valence-corrected chi connectivity index (χ2v) is 0.289. The molecule has 6 heavy (non-hydrogen) atoms. The summed E-state index contributed by atoms with van der Waals surface area (Å²) >= 11 is 0. The van der Waals surface area contributed by atoms with Crippen LogP contribution in [0.1, 0.15) is 0 Å². The Kier molecular flexibility index (Phi) is 216. The molecule has 0 amide bonds. The Morgan fingerprint density at radius 1 is 1.67 bits per heavy atom. The summed E-state index contributed by atoms with van der Waals surface area (Å²) in [6.45, 7) is 11.2. The summed E-state index contributed by atoms with van der Waals surface area (Å²) in [5.41, 5.74) is 0. The Morgan fingerprint density at radius 3 is 1.67 bits per heavy atom. The molecular formula is C4H5CdN. The third-order valence-corrected chi connectivity index (χ3v) is 0. The van der Waals surface area contributed by atoms with Gasteiger partial charge in [-0.05, 0) is 0 Å². The van der Waals surface area contributed by atoms with E-state index in [1.165, 1.54) is 6.08 Å². The number of rotatable bonds is 0. The molecule has 0 heterocycles. The van der Waals surface area contributed by atoms with Gasteiger partial charge in [0, 0.05) is 0 Å². The van der Waals surface area contributed by atoms with Crippen molar-refractivity contribution in [2.75, 3.05) is 0 Å². The van der Waals surface area contributed by atoms with E-state index in [0.29, 0.717) is 0 Å². The molecule has 0 aromatic carbocycles. The van der Waals surface area contributed by atoms with E-state index < -0.39 is 0 Å². The van der Waals surface area contributed by atoms with Crippen molar-refractivity contribution in [2.24, 2.45) is 0 Å². The maximum absolute atomic E-state index is 6.25. The monoisotopic (exact) mass is 181 g/mol. The zero-order valence-electron chi connectivity index (χ0n) is 3.65. The summed E-state index contributed by atoms with van der Waals surface area (Å²) < 4.78 is 0. The summed E-state index contributed by atoms with van der Waals surface area (Å²) in [6, 6.07) is 0. The largest absolute Gasteiger partial charge is 2.00 e. The van der Waals surface area contributed by atoms with Gasteiger partial charge < -0.3 is 11.8 Å². The van der Waals surface area contributed by atoms with Crippen LogP contribution in [0.15, 0.2) is 12.7 Å². The SMILES string of the molecule is C=C[CH2-].[C-]#N.[Cd+2]. The Morgan fingerprint density at radius 2 is 1.67 bits per heavy atom. The van der Waals surface area contributed by atoms with E-state index >= 15 is 0 Å². The van der Waals surface area contributed by atoms with Crippen molar-refractivity contribution in [3.63, 3.8) is 0 Å². The quantitative estimate of drug-likeness (QED) is 0.404. The van der Waals surface area contributed by atoms with Crippen molar-refractivity contribution in [3.8, 4) is 0 Å². The minimum Gasteiger partial charge on any atom is -0.512 e. The van der Waals surface area contributed by atoms with Crippen molar-refractivity contribution in [3.05, 3.63) is 26.2 Å². The maximum Gasteiger partial charge on any atom is 2.00 e. The first-order chi connectivity index (χ1) is 2.41. The van der Waals surface area contributed by atoms with Gasteiger partial charge in [-0.3, -0.25) is 0 Å². The van der Waals surface area contributed by atoms with Crippen LogP contribution in [0, 0.1) is 18.8 Å². The molecule has 0 rings (SSSR count).